The zero-order chi connectivity index (χ0) is 38.4. The molecule has 0 unspecified atom stereocenters. The predicted molar refractivity (Wildman–Crippen MR) is 208 cm³/mol. The first-order chi connectivity index (χ1) is 26.3. The van der Waals surface area contributed by atoms with E-state index in [0.717, 1.165) is 45.5 Å². The van der Waals surface area contributed by atoms with E-state index < -0.39 is 11.9 Å². The molecule has 10 heteroatoms. The quantitative estimate of drug-likeness (QED) is 0.0718. The number of rotatable bonds is 16. The highest BCUT2D eigenvalue weighted by Crippen LogP contribution is 2.29. The highest BCUT2D eigenvalue weighted by Gasteiger charge is 2.11. The summed E-state index contributed by atoms with van der Waals surface area (Å²) in [5.41, 5.74) is 16.8. The first-order valence-corrected chi connectivity index (χ1v) is 17.0. The van der Waals surface area contributed by atoms with Gasteiger partial charge in [-0.3, -0.25) is 0 Å². The maximum Gasteiger partial charge on any atom is 0.328 e. The van der Waals surface area contributed by atoms with E-state index in [9.17, 15) is 9.59 Å². The van der Waals surface area contributed by atoms with Gasteiger partial charge in [0, 0.05) is 59.6 Å². The molecule has 54 heavy (non-hydrogen) atoms. The van der Waals surface area contributed by atoms with Gasteiger partial charge in [-0.2, -0.15) is 0 Å². The number of nitrogens with two attached hydrogens (primary N) is 2. The van der Waals surface area contributed by atoms with Crippen LogP contribution in [-0.4, -0.2) is 74.9 Å². The summed E-state index contributed by atoms with van der Waals surface area (Å²) in [6.07, 6.45) is 5.20. The van der Waals surface area contributed by atoms with Crippen LogP contribution in [0.1, 0.15) is 44.5 Å². The van der Waals surface area contributed by atoms with Gasteiger partial charge in [0.1, 0.15) is 24.7 Å². The summed E-state index contributed by atoms with van der Waals surface area (Å²) in [5, 5.41) is 17.7. The number of ether oxygens (including phenoxy) is 4. The second-order valence-electron chi connectivity index (χ2n) is 11.3. The largest absolute Gasteiger partial charge is 0.490 e. The molecule has 4 rings (SSSR count). The fourth-order valence-corrected chi connectivity index (χ4v) is 4.54. The maximum atomic E-state index is 10.9. The Kier molecular flexibility index (Phi) is 16.7. The third kappa shape index (κ3) is 14.6. The van der Waals surface area contributed by atoms with Crippen molar-refractivity contribution in [2.24, 2.45) is 11.5 Å². The summed E-state index contributed by atoms with van der Waals surface area (Å²) in [4.78, 5) is 21.6. The van der Waals surface area contributed by atoms with Crippen LogP contribution in [0.3, 0.4) is 0 Å². The van der Waals surface area contributed by atoms with Gasteiger partial charge in [-0.05, 0) is 71.8 Å². The van der Waals surface area contributed by atoms with Gasteiger partial charge in [0.15, 0.2) is 0 Å². The molecule has 0 radical (unpaired) electrons. The van der Waals surface area contributed by atoms with Crippen LogP contribution < -0.4 is 20.9 Å². The molecule has 0 aromatic heterocycles. The number of carbonyl (C=O) groups is 2. The van der Waals surface area contributed by atoms with E-state index in [4.69, 9.17) is 40.6 Å². The van der Waals surface area contributed by atoms with Crippen LogP contribution >= 0.6 is 0 Å². The van der Waals surface area contributed by atoms with Crippen molar-refractivity contribution in [2.45, 2.75) is 0 Å². The SMILES string of the molecule is NCCOCCOc1cc(C#Cc2ccc(/C=C/C(=O)O)cc2)c(OCCOCCN)cc1C#Cc1ccc(C#Cc2ccc(/C=C/C(=O)O)cc2)cc1. The van der Waals surface area contributed by atoms with Crippen molar-refractivity contribution in [1.82, 2.24) is 0 Å². The summed E-state index contributed by atoms with van der Waals surface area (Å²) >= 11 is 0. The predicted octanol–water partition coefficient (Wildman–Crippen LogP) is 4.79. The summed E-state index contributed by atoms with van der Waals surface area (Å²) in [6.45, 7) is 2.81. The van der Waals surface area contributed by atoms with Gasteiger partial charge in [0.2, 0.25) is 0 Å². The van der Waals surface area contributed by atoms with E-state index in [0.29, 0.717) is 62.1 Å². The lowest BCUT2D eigenvalue weighted by molar-refractivity contribution is -0.132. The molecule has 0 aliphatic carbocycles. The number of hydrogen-bond donors (Lipinski definition) is 4. The summed E-state index contributed by atoms with van der Waals surface area (Å²) in [7, 11) is 0. The van der Waals surface area contributed by atoms with Gasteiger partial charge in [-0.15, -0.1) is 0 Å². The number of aliphatic carboxylic acids is 2. The number of carboxylic acid groups (broad SMARTS) is 2. The highest BCUT2D eigenvalue weighted by atomic mass is 16.5. The smallest absolute Gasteiger partial charge is 0.328 e. The van der Waals surface area contributed by atoms with E-state index in [-0.39, 0.29) is 13.2 Å². The van der Waals surface area contributed by atoms with E-state index in [1.165, 1.54) is 12.2 Å². The molecule has 4 aromatic carbocycles. The average molecular weight is 725 g/mol. The van der Waals surface area contributed by atoms with Crippen LogP contribution in [0.2, 0.25) is 0 Å². The summed E-state index contributed by atoms with van der Waals surface area (Å²) < 4.78 is 23.3. The second-order valence-corrected chi connectivity index (χ2v) is 11.3. The Morgan fingerprint density at radius 1 is 0.500 bits per heavy atom. The lowest BCUT2D eigenvalue weighted by Gasteiger charge is -2.14. The summed E-state index contributed by atoms with van der Waals surface area (Å²) in [6, 6.07) is 25.6. The highest BCUT2D eigenvalue weighted by molar-refractivity contribution is 5.85. The first-order valence-electron chi connectivity index (χ1n) is 17.0. The molecule has 10 nitrogen and oxygen atoms in total. The zero-order valence-electron chi connectivity index (χ0n) is 29.5. The molecule has 0 saturated heterocycles. The first kappa shape index (κ1) is 40.2. The number of carboxylic acids is 2. The Morgan fingerprint density at radius 2 is 0.833 bits per heavy atom. The fourth-order valence-electron chi connectivity index (χ4n) is 4.54. The van der Waals surface area contributed by atoms with Gasteiger partial charge < -0.3 is 40.6 Å². The Labute approximate surface area is 315 Å². The molecule has 0 amide bonds. The molecule has 0 fully saturated rings. The second kappa shape index (κ2) is 22.4. The van der Waals surface area contributed by atoms with Crippen LogP contribution in [0.15, 0.2) is 97.1 Å². The number of benzene rings is 4. The third-order valence-electron chi connectivity index (χ3n) is 7.15. The van der Waals surface area contributed by atoms with Crippen molar-refractivity contribution in [3.05, 3.63) is 142 Å². The Bertz CT molecular complexity index is 2100. The molecular formula is C44H40N2O8. The molecule has 0 aliphatic rings. The third-order valence-corrected chi connectivity index (χ3v) is 7.15. The molecule has 4 aromatic rings. The van der Waals surface area contributed by atoms with Crippen molar-refractivity contribution in [2.75, 3.05) is 52.7 Å². The molecule has 6 N–H and O–H groups in total. The van der Waals surface area contributed by atoms with E-state index in [1.807, 2.05) is 48.5 Å². The molecular weight excluding hydrogens is 684 g/mol. The van der Waals surface area contributed by atoms with E-state index in [2.05, 4.69) is 35.5 Å². The zero-order valence-corrected chi connectivity index (χ0v) is 29.5. The van der Waals surface area contributed by atoms with Crippen LogP contribution in [-0.2, 0) is 19.1 Å². The molecule has 0 heterocycles. The standard InChI is InChI=1S/C44H40N2O8/c45-23-25-51-27-29-53-41-32-40(20-16-36-9-13-38(14-10-36)18-22-44(49)50)42(54-30-28-52-26-24-46)31-39(41)19-15-35-7-3-33(4-8-35)1-2-34-5-11-37(12-6-34)17-21-43(47)48/h3-14,17-18,21-22,31-32H,23-30,45-46H2,(H,47,48)(H,49,50)/b21-17+,22-18+. The molecule has 0 saturated carbocycles. The fraction of sp³-hybridized carbons (Fsp3) is 0.182. The molecule has 0 spiro atoms. The minimum atomic E-state index is -1.02. The van der Waals surface area contributed by atoms with E-state index >= 15 is 0 Å². The molecule has 0 atom stereocenters. The van der Waals surface area contributed by atoms with Crippen molar-refractivity contribution in [3.63, 3.8) is 0 Å². The van der Waals surface area contributed by atoms with Gasteiger partial charge >= 0.3 is 11.9 Å². The van der Waals surface area contributed by atoms with Crippen molar-refractivity contribution in [3.8, 4) is 47.0 Å². The van der Waals surface area contributed by atoms with Crippen LogP contribution in [0.4, 0.5) is 0 Å². The van der Waals surface area contributed by atoms with Crippen LogP contribution in [0.5, 0.6) is 11.5 Å². The number of hydrogen-bond acceptors (Lipinski definition) is 8. The van der Waals surface area contributed by atoms with Crippen LogP contribution in [0.25, 0.3) is 12.2 Å². The van der Waals surface area contributed by atoms with Crippen molar-refractivity contribution >= 4 is 24.1 Å². The van der Waals surface area contributed by atoms with Crippen molar-refractivity contribution in [1.29, 1.82) is 0 Å². The Balaban J connectivity index is 1.60. The normalized spacial score (nSPS) is 10.5. The molecule has 0 aliphatic heterocycles. The lowest BCUT2D eigenvalue weighted by Crippen LogP contribution is -2.14. The van der Waals surface area contributed by atoms with Gasteiger partial charge in [0.25, 0.3) is 0 Å². The summed E-state index contributed by atoms with van der Waals surface area (Å²) in [5.74, 6) is 18.0. The average Bonchev–Trinajstić information content (AvgIpc) is 3.18. The Hall–Kier alpha value is -6.58. The molecule has 274 valence electrons. The van der Waals surface area contributed by atoms with E-state index in [1.54, 1.807) is 36.4 Å². The Morgan fingerprint density at radius 3 is 1.17 bits per heavy atom. The van der Waals surface area contributed by atoms with Gasteiger partial charge in [-0.1, -0.05) is 59.8 Å². The van der Waals surface area contributed by atoms with Crippen LogP contribution in [0, 0.1) is 35.5 Å². The molecule has 0 bridgehead atoms. The minimum Gasteiger partial charge on any atom is -0.490 e. The topological polar surface area (TPSA) is 164 Å². The monoisotopic (exact) mass is 724 g/mol. The lowest BCUT2D eigenvalue weighted by atomic mass is 10.1. The maximum absolute atomic E-state index is 10.9. The van der Waals surface area contributed by atoms with Gasteiger partial charge in [-0.25, -0.2) is 9.59 Å². The minimum absolute atomic E-state index is 0.258. The van der Waals surface area contributed by atoms with Gasteiger partial charge in [0.05, 0.1) is 37.6 Å². The van der Waals surface area contributed by atoms with Crippen molar-refractivity contribution < 1.29 is 38.7 Å².